The molecule has 6 nitrogen and oxygen atoms in total. The van der Waals surface area contributed by atoms with E-state index in [2.05, 4.69) is 27.3 Å². The molecule has 3 N–H and O–H groups in total. The lowest BCUT2D eigenvalue weighted by Gasteiger charge is -2.21. The molecule has 2 unspecified atom stereocenters. The number of hydrogen-bond donors (Lipinski definition) is 2. The number of nitriles is 1. The molecule has 0 aliphatic carbocycles. The summed E-state index contributed by atoms with van der Waals surface area (Å²) in [5.74, 6) is -0.877. The van der Waals surface area contributed by atoms with Crippen LogP contribution in [0.5, 0.6) is 0 Å². The molecular formula is C17H17BrN4O2S. The molecule has 130 valence electrons. The van der Waals surface area contributed by atoms with E-state index in [4.69, 9.17) is 5.73 Å². The average molecular weight is 421 g/mol. The summed E-state index contributed by atoms with van der Waals surface area (Å²) in [6, 6.07) is 9.16. The van der Waals surface area contributed by atoms with Gasteiger partial charge in [-0.3, -0.25) is 10.1 Å². The van der Waals surface area contributed by atoms with Crippen LogP contribution in [-0.2, 0) is 4.79 Å². The van der Waals surface area contributed by atoms with Crippen molar-refractivity contribution in [2.45, 2.75) is 24.0 Å². The van der Waals surface area contributed by atoms with Gasteiger partial charge in [-0.15, -0.1) is 0 Å². The van der Waals surface area contributed by atoms with Gasteiger partial charge in [0.05, 0.1) is 16.7 Å². The minimum Gasteiger partial charge on any atom is -0.393 e. The van der Waals surface area contributed by atoms with Crippen molar-refractivity contribution in [2.24, 2.45) is 5.73 Å². The van der Waals surface area contributed by atoms with Crippen molar-refractivity contribution in [2.75, 3.05) is 13.1 Å². The highest BCUT2D eigenvalue weighted by Crippen LogP contribution is 2.45. The molecule has 2 aliphatic rings. The fraction of sp³-hybridized carbons (Fsp3) is 0.353. The second-order valence-corrected chi connectivity index (χ2v) is 8.05. The Morgan fingerprint density at radius 2 is 1.92 bits per heavy atom. The van der Waals surface area contributed by atoms with Gasteiger partial charge >= 0.3 is 6.03 Å². The maximum atomic E-state index is 12.7. The Balaban J connectivity index is 1.81. The normalized spacial score (nSPS) is 22.8. The molecule has 2 aliphatic heterocycles. The first-order chi connectivity index (χ1) is 12.0. The van der Waals surface area contributed by atoms with Gasteiger partial charge in [-0.25, -0.2) is 4.79 Å². The van der Waals surface area contributed by atoms with Crippen LogP contribution in [0.25, 0.3) is 0 Å². The van der Waals surface area contributed by atoms with Gasteiger partial charge in [0, 0.05) is 23.5 Å². The molecule has 0 radical (unpaired) electrons. The molecule has 2 heterocycles. The largest absolute Gasteiger partial charge is 0.393 e. The number of halogens is 1. The third kappa shape index (κ3) is 3.67. The Labute approximate surface area is 158 Å². The van der Waals surface area contributed by atoms with E-state index >= 15 is 0 Å². The molecule has 1 aromatic carbocycles. The summed E-state index contributed by atoms with van der Waals surface area (Å²) >= 11 is 4.51. The predicted octanol–water partition coefficient (Wildman–Crippen LogP) is 2.67. The highest BCUT2D eigenvalue weighted by atomic mass is 79.9. The van der Waals surface area contributed by atoms with E-state index in [1.807, 2.05) is 24.3 Å². The Bertz CT molecular complexity index is 766. The van der Waals surface area contributed by atoms with Crippen molar-refractivity contribution in [3.05, 3.63) is 44.9 Å². The van der Waals surface area contributed by atoms with E-state index in [-0.39, 0.29) is 6.03 Å². The smallest absolute Gasteiger partial charge is 0.324 e. The first-order valence-electron chi connectivity index (χ1n) is 7.93. The van der Waals surface area contributed by atoms with Crippen molar-refractivity contribution in [1.29, 1.82) is 5.26 Å². The van der Waals surface area contributed by atoms with E-state index in [0.29, 0.717) is 23.7 Å². The first-order valence-corrected chi connectivity index (χ1v) is 9.60. The number of benzene rings is 1. The SMILES string of the molecule is N#CC1=C(N)SC(C(=O)NC(=O)N2CCCC2)C1c1ccc(Br)cc1. The van der Waals surface area contributed by atoms with Crippen LogP contribution in [0, 0.1) is 11.3 Å². The number of nitrogens with two attached hydrogens (primary N) is 1. The summed E-state index contributed by atoms with van der Waals surface area (Å²) in [5.41, 5.74) is 7.16. The number of amides is 3. The molecule has 0 aromatic heterocycles. The molecule has 3 amide bonds. The van der Waals surface area contributed by atoms with Crippen molar-refractivity contribution < 1.29 is 9.59 Å². The summed E-state index contributed by atoms with van der Waals surface area (Å²) in [4.78, 5) is 26.5. The van der Waals surface area contributed by atoms with E-state index < -0.39 is 17.1 Å². The van der Waals surface area contributed by atoms with Crippen LogP contribution in [0.2, 0.25) is 0 Å². The number of allylic oxidation sites excluding steroid dienone is 1. The zero-order valence-corrected chi connectivity index (χ0v) is 15.8. The fourth-order valence-electron chi connectivity index (χ4n) is 3.09. The molecule has 1 fully saturated rings. The number of likely N-dealkylation sites (tertiary alicyclic amines) is 1. The van der Waals surface area contributed by atoms with Crippen molar-refractivity contribution in [1.82, 2.24) is 10.2 Å². The number of thioether (sulfide) groups is 1. The lowest BCUT2D eigenvalue weighted by atomic mass is 9.89. The lowest BCUT2D eigenvalue weighted by Crippen LogP contribution is -2.45. The fourth-order valence-corrected chi connectivity index (χ4v) is 4.52. The van der Waals surface area contributed by atoms with Crippen LogP contribution in [-0.4, -0.2) is 35.2 Å². The van der Waals surface area contributed by atoms with Gasteiger partial charge in [0.1, 0.15) is 5.25 Å². The number of carbonyl (C=O) groups is 2. The van der Waals surface area contributed by atoms with Crippen LogP contribution in [0.3, 0.4) is 0 Å². The van der Waals surface area contributed by atoms with Gasteiger partial charge in [0.15, 0.2) is 0 Å². The van der Waals surface area contributed by atoms with Gasteiger partial charge in [-0.05, 0) is 30.5 Å². The van der Waals surface area contributed by atoms with E-state index in [1.165, 1.54) is 0 Å². The van der Waals surface area contributed by atoms with Crippen molar-refractivity contribution >= 4 is 39.6 Å². The van der Waals surface area contributed by atoms with E-state index in [0.717, 1.165) is 34.6 Å². The third-order valence-electron chi connectivity index (χ3n) is 4.36. The lowest BCUT2D eigenvalue weighted by molar-refractivity contribution is -0.119. The molecule has 3 rings (SSSR count). The predicted molar refractivity (Wildman–Crippen MR) is 99.4 cm³/mol. The number of imide groups is 1. The van der Waals surface area contributed by atoms with Crippen LogP contribution in [0.15, 0.2) is 39.3 Å². The molecule has 1 aromatic rings. The maximum Gasteiger partial charge on any atom is 0.324 e. The summed E-state index contributed by atoms with van der Waals surface area (Å²) in [6.45, 7) is 1.33. The maximum absolute atomic E-state index is 12.7. The van der Waals surface area contributed by atoms with Gasteiger partial charge in [0.25, 0.3) is 0 Å². The van der Waals surface area contributed by atoms with Crippen LogP contribution in [0.1, 0.15) is 24.3 Å². The van der Waals surface area contributed by atoms with Crippen molar-refractivity contribution in [3.8, 4) is 6.07 Å². The molecule has 8 heteroatoms. The molecule has 1 saturated heterocycles. The van der Waals surface area contributed by atoms with E-state index in [9.17, 15) is 14.9 Å². The van der Waals surface area contributed by atoms with Gasteiger partial charge in [0.2, 0.25) is 5.91 Å². The summed E-state index contributed by atoms with van der Waals surface area (Å²) in [6.07, 6.45) is 1.91. The molecular weight excluding hydrogens is 404 g/mol. The van der Waals surface area contributed by atoms with Gasteiger partial charge in [-0.2, -0.15) is 5.26 Å². The quantitative estimate of drug-likeness (QED) is 0.765. The van der Waals surface area contributed by atoms with Gasteiger partial charge < -0.3 is 10.6 Å². The number of nitrogens with zero attached hydrogens (tertiary/aromatic N) is 2. The van der Waals surface area contributed by atoms with Gasteiger partial charge in [-0.1, -0.05) is 39.8 Å². The Morgan fingerprint density at radius 3 is 2.52 bits per heavy atom. The van der Waals surface area contributed by atoms with E-state index in [1.54, 1.807) is 4.90 Å². The zero-order chi connectivity index (χ0) is 18.0. The topological polar surface area (TPSA) is 99.2 Å². The highest BCUT2D eigenvalue weighted by Gasteiger charge is 2.41. The molecule has 25 heavy (non-hydrogen) atoms. The number of nitrogens with one attached hydrogen (secondary N) is 1. The summed E-state index contributed by atoms with van der Waals surface area (Å²) in [7, 11) is 0. The zero-order valence-electron chi connectivity index (χ0n) is 13.4. The second kappa shape index (κ2) is 7.50. The molecule has 0 bridgehead atoms. The second-order valence-electron chi connectivity index (χ2n) is 5.95. The highest BCUT2D eigenvalue weighted by molar-refractivity contribution is 9.10. The summed E-state index contributed by atoms with van der Waals surface area (Å²) in [5, 5.41) is 11.6. The summed E-state index contributed by atoms with van der Waals surface area (Å²) < 4.78 is 0.905. The molecule has 2 atom stereocenters. The van der Waals surface area contributed by atoms with Crippen LogP contribution < -0.4 is 11.1 Å². The average Bonchev–Trinajstić information content (AvgIpc) is 3.23. The number of hydrogen-bond acceptors (Lipinski definition) is 5. The monoisotopic (exact) mass is 420 g/mol. The number of rotatable bonds is 2. The molecule has 0 saturated carbocycles. The minimum atomic E-state index is -0.637. The standard InChI is InChI=1S/C17H17BrN4O2S/c18-11-5-3-10(4-6-11)13-12(9-19)15(20)25-14(13)16(23)21-17(24)22-7-1-2-8-22/h3-6,13-14H,1-2,7-8,20H2,(H,21,23,24). The van der Waals surface area contributed by atoms with Crippen LogP contribution >= 0.6 is 27.7 Å². The first kappa shape index (κ1) is 17.8. The Kier molecular flexibility index (Phi) is 5.35. The van der Waals surface area contributed by atoms with Crippen LogP contribution in [0.4, 0.5) is 4.79 Å². The Hall–Kier alpha value is -1.98. The Morgan fingerprint density at radius 1 is 1.28 bits per heavy atom. The minimum absolute atomic E-state index is 0.337. The van der Waals surface area contributed by atoms with Crippen molar-refractivity contribution in [3.63, 3.8) is 0 Å². The third-order valence-corrected chi connectivity index (χ3v) is 6.11. The number of urea groups is 1. The number of carbonyl (C=O) groups excluding carboxylic acids is 2. The molecule has 0 spiro atoms.